The lowest BCUT2D eigenvalue weighted by Crippen LogP contribution is -2.59. The number of aryl methyl sites for hydroxylation is 1. The van der Waals surface area contributed by atoms with Gasteiger partial charge in [-0.15, -0.1) is 0 Å². The lowest BCUT2D eigenvalue weighted by molar-refractivity contribution is -0.145. The van der Waals surface area contributed by atoms with E-state index in [2.05, 4.69) is 31.2 Å². The number of fused-ring (bicyclic) bond motifs is 1. The van der Waals surface area contributed by atoms with E-state index < -0.39 is 5.60 Å². The van der Waals surface area contributed by atoms with Crippen LogP contribution in [0.3, 0.4) is 0 Å². The molecule has 0 saturated heterocycles. The van der Waals surface area contributed by atoms with Gasteiger partial charge < -0.3 is 10.8 Å². The van der Waals surface area contributed by atoms with E-state index >= 15 is 0 Å². The van der Waals surface area contributed by atoms with Crippen LogP contribution in [0.5, 0.6) is 0 Å². The van der Waals surface area contributed by atoms with Crippen LogP contribution in [0.15, 0.2) is 24.3 Å². The predicted octanol–water partition coefficient (Wildman–Crippen LogP) is 3.06. The van der Waals surface area contributed by atoms with E-state index in [0.29, 0.717) is 12.5 Å². The number of aliphatic hydroxyl groups is 1. The molecular weight excluding hydrogens is 246 g/mol. The maximum Gasteiger partial charge on any atom is 0.0744 e. The third kappa shape index (κ3) is 2.01. The number of nitrogens with two attached hydrogens (primary N) is 1. The summed E-state index contributed by atoms with van der Waals surface area (Å²) in [6.07, 6.45) is 7.49. The van der Waals surface area contributed by atoms with Crippen LogP contribution in [0.2, 0.25) is 0 Å². The normalized spacial score (nSPS) is 37.5. The van der Waals surface area contributed by atoms with Crippen LogP contribution in [0.4, 0.5) is 0 Å². The van der Waals surface area contributed by atoms with Crippen LogP contribution in [-0.2, 0) is 12.8 Å². The highest BCUT2D eigenvalue weighted by Gasteiger charge is 2.53. The zero-order valence-corrected chi connectivity index (χ0v) is 12.6. The summed E-state index contributed by atoms with van der Waals surface area (Å²) in [7, 11) is 0. The highest BCUT2D eigenvalue weighted by Crippen LogP contribution is 2.51. The second-order valence-electron chi connectivity index (χ2n) is 7.00. The lowest BCUT2D eigenvalue weighted by atomic mass is 9.55. The second kappa shape index (κ2) is 5.16. The molecule has 2 nitrogen and oxygen atoms in total. The molecule has 2 heteroatoms. The van der Waals surface area contributed by atoms with Gasteiger partial charge in [0.15, 0.2) is 0 Å². The molecule has 0 aromatic heterocycles. The van der Waals surface area contributed by atoms with Crippen molar-refractivity contribution in [3.63, 3.8) is 0 Å². The number of hydrogen-bond acceptors (Lipinski definition) is 2. The first-order valence-electron chi connectivity index (χ1n) is 8.10. The van der Waals surface area contributed by atoms with Crippen molar-refractivity contribution in [3.05, 3.63) is 35.4 Å². The van der Waals surface area contributed by atoms with Crippen molar-refractivity contribution in [2.45, 2.75) is 57.5 Å². The quantitative estimate of drug-likeness (QED) is 0.870. The minimum atomic E-state index is -0.576. The van der Waals surface area contributed by atoms with E-state index in [0.717, 1.165) is 38.5 Å². The number of benzene rings is 1. The van der Waals surface area contributed by atoms with Crippen molar-refractivity contribution >= 4 is 0 Å². The van der Waals surface area contributed by atoms with Crippen molar-refractivity contribution in [1.82, 2.24) is 0 Å². The second-order valence-corrected chi connectivity index (χ2v) is 7.00. The van der Waals surface area contributed by atoms with E-state index in [1.807, 2.05) is 0 Å². The van der Waals surface area contributed by atoms with Gasteiger partial charge >= 0.3 is 0 Å². The molecular formula is C18H27NO. The predicted molar refractivity (Wildman–Crippen MR) is 82.5 cm³/mol. The highest BCUT2D eigenvalue weighted by molar-refractivity contribution is 5.32. The molecule has 0 spiro atoms. The maximum atomic E-state index is 11.5. The van der Waals surface area contributed by atoms with Gasteiger partial charge in [-0.2, -0.15) is 0 Å². The molecule has 1 aromatic rings. The summed E-state index contributed by atoms with van der Waals surface area (Å²) in [4.78, 5) is 0. The molecule has 20 heavy (non-hydrogen) atoms. The molecule has 2 aliphatic carbocycles. The Hall–Kier alpha value is -0.860. The molecule has 0 bridgehead atoms. The zero-order valence-electron chi connectivity index (χ0n) is 12.6. The molecule has 1 aromatic carbocycles. The van der Waals surface area contributed by atoms with Gasteiger partial charge in [0.05, 0.1) is 5.60 Å². The van der Waals surface area contributed by atoms with Crippen molar-refractivity contribution in [2.75, 3.05) is 6.54 Å². The number of rotatable bonds is 2. The van der Waals surface area contributed by atoms with Gasteiger partial charge in [-0.1, -0.05) is 44.0 Å². The van der Waals surface area contributed by atoms with E-state index in [9.17, 15) is 5.11 Å². The Morgan fingerprint density at radius 3 is 2.65 bits per heavy atom. The summed E-state index contributed by atoms with van der Waals surface area (Å²) in [5.41, 5.74) is 8.36. The van der Waals surface area contributed by atoms with Gasteiger partial charge in [0.2, 0.25) is 0 Å². The molecule has 0 aliphatic heterocycles. The molecule has 3 N–H and O–H groups in total. The Bertz CT molecular complexity index is 486. The molecule has 110 valence electrons. The summed E-state index contributed by atoms with van der Waals surface area (Å²) in [5.74, 6) is 0.366. The van der Waals surface area contributed by atoms with E-state index in [1.54, 1.807) is 0 Å². The Kier molecular flexibility index (Phi) is 3.64. The third-order valence-corrected chi connectivity index (χ3v) is 6.09. The molecule has 3 unspecified atom stereocenters. The monoisotopic (exact) mass is 273 g/mol. The van der Waals surface area contributed by atoms with Gasteiger partial charge in [0.1, 0.15) is 0 Å². The molecule has 1 fully saturated rings. The first-order chi connectivity index (χ1) is 9.61. The van der Waals surface area contributed by atoms with Gasteiger partial charge in [-0.25, -0.2) is 0 Å². The van der Waals surface area contributed by atoms with E-state index in [4.69, 9.17) is 5.73 Å². The van der Waals surface area contributed by atoms with Crippen LogP contribution < -0.4 is 5.73 Å². The first-order valence-corrected chi connectivity index (χ1v) is 8.10. The Balaban J connectivity index is 1.97. The Morgan fingerprint density at radius 2 is 1.95 bits per heavy atom. The molecule has 3 rings (SSSR count). The third-order valence-electron chi connectivity index (χ3n) is 6.09. The summed E-state index contributed by atoms with van der Waals surface area (Å²) in [6, 6.07) is 8.67. The summed E-state index contributed by atoms with van der Waals surface area (Å²) >= 11 is 0. The fraction of sp³-hybridized carbons (Fsp3) is 0.667. The Morgan fingerprint density at radius 1 is 1.20 bits per heavy atom. The molecule has 3 atom stereocenters. The topological polar surface area (TPSA) is 46.2 Å². The zero-order chi connectivity index (χ0) is 14.2. The van der Waals surface area contributed by atoms with Crippen LogP contribution in [0, 0.1) is 11.3 Å². The van der Waals surface area contributed by atoms with Gasteiger partial charge in [0, 0.05) is 12.0 Å². The standard InChI is InChI=1S/C18H27NO/c1-14-6-4-5-10-18(14,20)17(13-19)11-9-15-7-2-3-8-16(15)12-17/h2-3,7-8,14,20H,4-6,9-13,19H2,1H3. The van der Waals surface area contributed by atoms with Crippen molar-refractivity contribution in [1.29, 1.82) is 0 Å². The molecule has 0 amide bonds. The summed E-state index contributed by atoms with van der Waals surface area (Å²) < 4.78 is 0. The smallest absolute Gasteiger partial charge is 0.0744 e. The van der Waals surface area contributed by atoms with E-state index in [-0.39, 0.29) is 5.41 Å². The van der Waals surface area contributed by atoms with Crippen molar-refractivity contribution < 1.29 is 5.11 Å². The van der Waals surface area contributed by atoms with Crippen LogP contribution >= 0.6 is 0 Å². The summed E-state index contributed by atoms with van der Waals surface area (Å²) in [5, 5.41) is 11.5. The van der Waals surface area contributed by atoms with Crippen LogP contribution in [-0.4, -0.2) is 17.3 Å². The first kappa shape index (κ1) is 14.1. The average Bonchev–Trinajstić information content (AvgIpc) is 2.49. The fourth-order valence-electron chi connectivity index (χ4n) is 4.64. The minimum absolute atomic E-state index is 0.124. The Labute approximate surface area is 122 Å². The van der Waals surface area contributed by atoms with Gasteiger partial charge in [-0.3, -0.25) is 0 Å². The molecule has 2 aliphatic rings. The fourth-order valence-corrected chi connectivity index (χ4v) is 4.64. The maximum absolute atomic E-state index is 11.5. The average molecular weight is 273 g/mol. The highest BCUT2D eigenvalue weighted by atomic mass is 16.3. The van der Waals surface area contributed by atoms with E-state index in [1.165, 1.54) is 17.5 Å². The molecule has 1 saturated carbocycles. The van der Waals surface area contributed by atoms with Gasteiger partial charge in [0.25, 0.3) is 0 Å². The van der Waals surface area contributed by atoms with Crippen LogP contribution in [0.1, 0.15) is 50.2 Å². The largest absolute Gasteiger partial charge is 0.389 e. The molecule has 0 heterocycles. The van der Waals surface area contributed by atoms with Crippen LogP contribution in [0.25, 0.3) is 0 Å². The SMILES string of the molecule is CC1CCCCC1(O)C1(CN)CCc2ccccc2C1. The minimum Gasteiger partial charge on any atom is -0.389 e. The lowest BCUT2D eigenvalue weighted by Gasteiger charge is -2.54. The van der Waals surface area contributed by atoms with Crippen molar-refractivity contribution in [2.24, 2.45) is 17.1 Å². The van der Waals surface area contributed by atoms with Gasteiger partial charge in [-0.05, 0) is 49.1 Å². The number of hydrogen-bond donors (Lipinski definition) is 2. The van der Waals surface area contributed by atoms with Crippen molar-refractivity contribution in [3.8, 4) is 0 Å². The molecule has 0 radical (unpaired) electrons. The summed E-state index contributed by atoms with van der Waals surface area (Å²) in [6.45, 7) is 2.82.